The first-order valence-electron chi connectivity index (χ1n) is 9.65. The fourth-order valence-corrected chi connectivity index (χ4v) is 7.77. The maximum absolute atomic E-state index is 13.4. The minimum absolute atomic E-state index is 0.0590. The van der Waals surface area contributed by atoms with E-state index >= 15 is 0 Å². The average molecular weight is 431 g/mol. The summed E-state index contributed by atoms with van der Waals surface area (Å²) in [6, 6.07) is 10.3. The van der Waals surface area contributed by atoms with E-state index in [1.807, 2.05) is 18.2 Å². The Kier molecular flexibility index (Phi) is 5.09. The summed E-state index contributed by atoms with van der Waals surface area (Å²) in [6.07, 6.45) is 5.52. The van der Waals surface area contributed by atoms with Gasteiger partial charge in [0.1, 0.15) is 0 Å². The predicted molar refractivity (Wildman–Crippen MR) is 103 cm³/mol. The van der Waals surface area contributed by atoms with Crippen molar-refractivity contribution in [2.24, 2.45) is 11.3 Å². The first-order valence-corrected chi connectivity index (χ1v) is 11.5. The number of allylic oxidation sites excluding steroid dienone is 2. The molecule has 27 heavy (non-hydrogen) atoms. The van der Waals surface area contributed by atoms with Crippen molar-refractivity contribution in [3.8, 4) is 0 Å². The van der Waals surface area contributed by atoms with E-state index in [0.29, 0.717) is 25.7 Å². The van der Waals surface area contributed by atoms with E-state index in [1.165, 1.54) is 11.4 Å². The fraction of sp³-hybridized carbons (Fsp3) is 0.500. The molecule has 2 bridgehead atoms. The Morgan fingerprint density at radius 2 is 1.96 bits per heavy atom. The zero-order valence-corrected chi connectivity index (χ0v) is 17.2. The Bertz CT molecular complexity index is 800. The van der Waals surface area contributed by atoms with Crippen LogP contribution in [-0.4, -0.2) is 38.6 Å². The van der Waals surface area contributed by atoms with Crippen LogP contribution in [0.25, 0.3) is 0 Å². The van der Waals surface area contributed by atoms with E-state index in [4.69, 9.17) is 4.74 Å². The molecule has 0 aromatic heterocycles. The van der Waals surface area contributed by atoms with Gasteiger partial charge in [-0.1, -0.05) is 0 Å². The van der Waals surface area contributed by atoms with Gasteiger partial charge in [-0.05, 0) is 0 Å². The molecule has 3 aliphatic carbocycles. The van der Waals surface area contributed by atoms with Crippen molar-refractivity contribution in [1.82, 2.24) is 0 Å². The van der Waals surface area contributed by atoms with Gasteiger partial charge in [-0.3, -0.25) is 0 Å². The van der Waals surface area contributed by atoms with E-state index in [2.05, 4.69) is 12.1 Å². The van der Waals surface area contributed by atoms with Gasteiger partial charge in [0, 0.05) is 0 Å². The number of carbonyl (C=O) groups excluding carboxylic acids is 3. The molecule has 2 fully saturated rings. The van der Waals surface area contributed by atoms with Crippen molar-refractivity contribution in [3.05, 3.63) is 42.0 Å². The normalized spacial score (nSPS) is 32.9. The summed E-state index contributed by atoms with van der Waals surface area (Å²) >= 11 is 0.0977. The van der Waals surface area contributed by atoms with E-state index < -0.39 is 5.41 Å². The van der Waals surface area contributed by atoms with E-state index in [9.17, 15) is 14.4 Å². The molecule has 3 aliphatic rings. The number of esters is 1. The molecule has 0 heterocycles. The molecular formula is C22H24O4Se. The Morgan fingerprint density at radius 3 is 2.70 bits per heavy atom. The molecule has 4 rings (SSSR count). The van der Waals surface area contributed by atoms with Crippen molar-refractivity contribution in [2.45, 2.75) is 56.4 Å². The van der Waals surface area contributed by atoms with E-state index in [1.54, 1.807) is 6.08 Å². The number of ketones is 2. The SMILES string of the molecule is CC(=O)O[C@H]1CC2CCC3=CC(=O)CCC3(C[C@@H]1[Se]c1ccccc1)C2=O. The van der Waals surface area contributed by atoms with Crippen molar-refractivity contribution < 1.29 is 19.1 Å². The summed E-state index contributed by atoms with van der Waals surface area (Å²) in [4.78, 5) is 37.3. The zero-order chi connectivity index (χ0) is 19.0. The van der Waals surface area contributed by atoms with Crippen LogP contribution in [0.4, 0.5) is 0 Å². The molecule has 0 saturated heterocycles. The van der Waals surface area contributed by atoms with Crippen LogP contribution >= 0.6 is 0 Å². The van der Waals surface area contributed by atoms with Crippen LogP contribution in [0, 0.1) is 11.3 Å². The van der Waals surface area contributed by atoms with Crippen molar-refractivity contribution in [3.63, 3.8) is 0 Å². The second-order valence-electron chi connectivity index (χ2n) is 7.87. The summed E-state index contributed by atoms with van der Waals surface area (Å²) in [6.45, 7) is 1.45. The van der Waals surface area contributed by atoms with Crippen LogP contribution < -0.4 is 4.46 Å². The van der Waals surface area contributed by atoms with Crippen LogP contribution in [0.15, 0.2) is 42.0 Å². The average Bonchev–Trinajstić information content (AvgIpc) is 2.70. The molecule has 2 saturated carbocycles. The molecule has 142 valence electrons. The molecule has 0 radical (unpaired) electrons. The summed E-state index contributed by atoms with van der Waals surface area (Å²) in [5, 5.41) is 0. The zero-order valence-electron chi connectivity index (χ0n) is 15.5. The van der Waals surface area contributed by atoms with Crippen LogP contribution in [-0.2, 0) is 19.1 Å². The second-order valence-corrected chi connectivity index (χ2v) is 10.6. The molecule has 4 nitrogen and oxygen atoms in total. The molecule has 0 aliphatic heterocycles. The molecule has 2 unspecified atom stereocenters. The summed E-state index contributed by atoms with van der Waals surface area (Å²) in [5.41, 5.74) is 0.532. The molecule has 1 aromatic rings. The summed E-state index contributed by atoms with van der Waals surface area (Å²) in [5.74, 6) is 0.102. The maximum atomic E-state index is 13.4. The van der Waals surface area contributed by atoms with Crippen LogP contribution in [0.2, 0.25) is 4.82 Å². The van der Waals surface area contributed by atoms with E-state index in [0.717, 1.165) is 18.4 Å². The van der Waals surface area contributed by atoms with Gasteiger partial charge in [-0.25, -0.2) is 0 Å². The molecule has 0 amide bonds. The third-order valence-electron chi connectivity index (χ3n) is 6.18. The Hall–Kier alpha value is -1.71. The van der Waals surface area contributed by atoms with Crippen molar-refractivity contribution in [2.75, 3.05) is 0 Å². The fourth-order valence-electron chi connectivity index (χ4n) is 4.94. The van der Waals surface area contributed by atoms with Crippen LogP contribution in [0.1, 0.15) is 45.4 Å². The number of hydrogen-bond acceptors (Lipinski definition) is 4. The molecule has 1 spiro atoms. The van der Waals surface area contributed by atoms with Gasteiger partial charge in [-0.2, -0.15) is 0 Å². The van der Waals surface area contributed by atoms with Gasteiger partial charge in [0.2, 0.25) is 0 Å². The molecule has 0 N–H and O–H groups in total. The van der Waals surface area contributed by atoms with Gasteiger partial charge < -0.3 is 0 Å². The third kappa shape index (κ3) is 3.55. The predicted octanol–water partition coefficient (Wildman–Crippen LogP) is 2.78. The van der Waals surface area contributed by atoms with Crippen LogP contribution in [0.3, 0.4) is 0 Å². The number of ether oxygens (including phenoxy) is 1. The first kappa shape index (κ1) is 18.6. The van der Waals surface area contributed by atoms with Crippen molar-refractivity contribution >= 4 is 37.0 Å². The quantitative estimate of drug-likeness (QED) is 0.546. The second kappa shape index (κ2) is 7.37. The minimum atomic E-state index is -0.507. The van der Waals surface area contributed by atoms with Gasteiger partial charge in [0.05, 0.1) is 0 Å². The van der Waals surface area contributed by atoms with Gasteiger partial charge in [0.15, 0.2) is 0 Å². The first-order chi connectivity index (χ1) is 13.0. The Balaban J connectivity index is 1.72. The standard InChI is InChI=1S/C22H24O4Se/c1-14(23)26-19-11-15-7-8-16-12-17(24)9-10-22(16,21(15)25)13-20(19)27-18-5-3-2-4-6-18/h2-6,12,15,19-20H,7-11,13H2,1H3/t15?,19-,20-,22?/m0/s1. The third-order valence-corrected chi connectivity index (χ3v) is 8.95. The number of Topliss-reactive ketones (excluding diaryl/α,β-unsaturated/α-hetero) is 1. The number of rotatable bonds is 3. The van der Waals surface area contributed by atoms with Crippen LogP contribution in [0.5, 0.6) is 0 Å². The topological polar surface area (TPSA) is 60.4 Å². The van der Waals surface area contributed by atoms with Gasteiger partial charge in [0.25, 0.3) is 0 Å². The Morgan fingerprint density at radius 1 is 1.19 bits per heavy atom. The monoisotopic (exact) mass is 432 g/mol. The van der Waals surface area contributed by atoms with Crippen molar-refractivity contribution in [1.29, 1.82) is 0 Å². The van der Waals surface area contributed by atoms with Gasteiger partial charge >= 0.3 is 166 Å². The van der Waals surface area contributed by atoms with Gasteiger partial charge in [-0.15, -0.1) is 0 Å². The molecule has 1 aromatic carbocycles. The molecule has 4 atom stereocenters. The molecule has 5 heteroatoms. The number of benzene rings is 1. The number of hydrogen-bond donors (Lipinski definition) is 0. The van der Waals surface area contributed by atoms with E-state index in [-0.39, 0.29) is 49.3 Å². The summed E-state index contributed by atoms with van der Waals surface area (Å²) < 4.78 is 7.00. The molecular weight excluding hydrogens is 407 g/mol. The number of fused-ring (bicyclic) bond motifs is 1. The number of carbonyl (C=O) groups is 3. The Labute approximate surface area is 165 Å². The summed E-state index contributed by atoms with van der Waals surface area (Å²) in [7, 11) is 0.